The van der Waals surface area contributed by atoms with E-state index in [1.54, 1.807) is 6.07 Å². The lowest BCUT2D eigenvalue weighted by molar-refractivity contribution is 0.0375. The van der Waals surface area contributed by atoms with Crippen LogP contribution in [0.3, 0.4) is 0 Å². The standard InChI is InChI=1S/C11H16BF3NOS/c13-12(14,15)11-4-3-10(18-11)2-1-5-16-6-8-17-9-7-16/h3-4H,1-2,5-9H2/q-1. The molecule has 0 amide bonds. The molecule has 2 heterocycles. The van der Waals surface area contributed by atoms with Crippen LogP contribution in [0.25, 0.3) is 0 Å². The Bertz CT molecular complexity index is 377. The van der Waals surface area contributed by atoms with Crippen LogP contribution in [0, 0.1) is 0 Å². The van der Waals surface area contributed by atoms with E-state index in [1.165, 1.54) is 6.07 Å². The van der Waals surface area contributed by atoms with Crippen molar-refractivity contribution in [1.82, 2.24) is 4.90 Å². The van der Waals surface area contributed by atoms with E-state index in [2.05, 4.69) is 4.90 Å². The van der Waals surface area contributed by atoms with Gasteiger partial charge in [0.15, 0.2) is 0 Å². The van der Waals surface area contributed by atoms with Gasteiger partial charge in [-0.05, 0) is 19.4 Å². The maximum atomic E-state index is 12.5. The molecule has 0 aliphatic carbocycles. The molecule has 1 fully saturated rings. The van der Waals surface area contributed by atoms with E-state index in [-0.39, 0.29) is 0 Å². The van der Waals surface area contributed by atoms with Crippen molar-refractivity contribution < 1.29 is 17.7 Å². The van der Waals surface area contributed by atoms with Gasteiger partial charge in [-0.25, -0.2) is 0 Å². The zero-order valence-corrected chi connectivity index (χ0v) is 10.9. The molecule has 1 aliphatic rings. The van der Waals surface area contributed by atoms with Gasteiger partial charge in [0.05, 0.1) is 13.2 Å². The first-order valence-electron chi connectivity index (χ1n) is 6.14. The van der Waals surface area contributed by atoms with Crippen LogP contribution in [-0.4, -0.2) is 44.7 Å². The topological polar surface area (TPSA) is 12.5 Å². The third-order valence-corrected chi connectivity index (χ3v) is 4.25. The highest BCUT2D eigenvalue weighted by Gasteiger charge is 2.27. The molecule has 0 spiro atoms. The third kappa shape index (κ3) is 4.00. The van der Waals surface area contributed by atoms with Crippen molar-refractivity contribution in [2.45, 2.75) is 12.8 Å². The molecule has 1 aliphatic heterocycles. The minimum Gasteiger partial charge on any atom is -0.444 e. The molecule has 1 aromatic rings. The number of thiophene rings is 1. The smallest absolute Gasteiger partial charge is 0.444 e. The van der Waals surface area contributed by atoms with E-state index in [1.807, 2.05) is 0 Å². The molecule has 0 bridgehead atoms. The third-order valence-electron chi connectivity index (χ3n) is 3.01. The van der Waals surface area contributed by atoms with Gasteiger partial charge >= 0.3 is 6.98 Å². The summed E-state index contributed by atoms with van der Waals surface area (Å²) in [5.74, 6) is 0. The fourth-order valence-corrected chi connectivity index (χ4v) is 2.96. The number of nitrogens with zero attached hydrogens (tertiary/aromatic N) is 1. The first-order chi connectivity index (χ1) is 8.55. The number of aryl methyl sites for hydroxylation is 1. The molecule has 2 rings (SSSR count). The van der Waals surface area contributed by atoms with Crippen molar-refractivity contribution in [3.63, 3.8) is 0 Å². The largest absolute Gasteiger partial charge is 0.519 e. The maximum absolute atomic E-state index is 12.5. The van der Waals surface area contributed by atoms with E-state index in [9.17, 15) is 12.9 Å². The van der Waals surface area contributed by atoms with Gasteiger partial charge < -0.3 is 17.7 Å². The lowest BCUT2D eigenvalue weighted by Gasteiger charge is -2.26. The number of morpholine rings is 1. The Morgan fingerprint density at radius 2 is 1.94 bits per heavy atom. The summed E-state index contributed by atoms with van der Waals surface area (Å²) in [6.45, 7) is -0.498. The molecule has 0 N–H and O–H groups in total. The van der Waals surface area contributed by atoms with E-state index in [0.29, 0.717) is 0 Å². The summed E-state index contributed by atoms with van der Waals surface area (Å²) in [7, 11) is 0. The minimum atomic E-state index is -4.83. The van der Waals surface area contributed by atoms with Crippen molar-refractivity contribution in [2.24, 2.45) is 0 Å². The molecule has 1 aromatic heterocycles. The first-order valence-corrected chi connectivity index (χ1v) is 6.96. The summed E-state index contributed by atoms with van der Waals surface area (Å²) < 4.78 is 42.2. The molecule has 7 heteroatoms. The molecule has 2 nitrogen and oxygen atoms in total. The van der Waals surface area contributed by atoms with Gasteiger partial charge in [0.2, 0.25) is 0 Å². The van der Waals surface area contributed by atoms with Gasteiger partial charge in [0, 0.05) is 18.0 Å². The fourth-order valence-electron chi connectivity index (χ4n) is 2.01. The molecule has 1 saturated heterocycles. The number of hydrogen-bond donors (Lipinski definition) is 0. The minimum absolute atomic E-state index is 0.434. The quantitative estimate of drug-likeness (QED) is 0.764. The normalized spacial score (nSPS) is 18.2. The van der Waals surface area contributed by atoms with Crippen LogP contribution < -0.4 is 4.78 Å². The van der Waals surface area contributed by atoms with Gasteiger partial charge in [-0.1, -0.05) is 16.9 Å². The highest BCUT2D eigenvalue weighted by molar-refractivity contribution is 7.23. The Kier molecular flexibility index (Phi) is 4.69. The van der Waals surface area contributed by atoms with Crippen molar-refractivity contribution in [1.29, 1.82) is 0 Å². The summed E-state index contributed by atoms with van der Waals surface area (Å²) in [5, 5.41) is 0. The van der Waals surface area contributed by atoms with Crippen LogP contribution in [0.5, 0.6) is 0 Å². The van der Waals surface area contributed by atoms with Crippen molar-refractivity contribution in [2.75, 3.05) is 32.8 Å². The molecule has 0 saturated carbocycles. The van der Waals surface area contributed by atoms with Gasteiger partial charge in [-0.15, -0.1) is 0 Å². The average molecular weight is 278 g/mol. The van der Waals surface area contributed by atoms with Crippen molar-refractivity contribution in [3.05, 3.63) is 17.0 Å². The van der Waals surface area contributed by atoms with Gasteiger partial charge in [0.1, 0.15) is 0 Å². The second kappa shape index (κ2) is 6.08. The van der Waals surface area contributed by atoms with Crippen LogP contribution in [0.15, 0.2) is 12.1 Å². The van der Waals surface area contributed by atoms with E-state index in [4.69, 9.17) is 4.74 Å². The number of hydrogen-bond acceptors (Lipinski definition) is 3. The molecular weight excluding hydrogens is 262 g/mol. The van der Waals surface area contributed by atoms with Crippen LogP contribution >= 0.6 is 11.3 Å². The second-order valence-electron chi connectivity index (χ2n) is 4.44. The predicted molar refractivity (Wildman–Crippen MR) is 68.6 cm³/mol. The summed E-state index contributed by atoms with van der Waals surface area (Å²) in [4.78, 5) is 3.13. The Morgan fingerprint density at radius 1 is 1.22 bits per heavy atom. The van der Waals surface area contributed by atoms with Crippen LogP contribution in [0.1, 0.15) is 11.3 Å². The fraction of sp³-hybridized carbons (Fsp3) is 0.636. The highest BCUT2D eigenvalue weighted by atomic mass is 32.1. The summed E-state index contributed by atoms with van der Waals surface area (Å²) >= 11 is 0.886. The first kappa shape index (κ1) is 13.9. The van der Waals surface area contributed by atoms with E-state index >= 15 is 0 Å². The summed E-state index contributed by atoms with van der Waals surface area (Å²) in [6.07, 6.45) is 1.64. The Morgan fingerprint density at radius 3 is 2.56 bits per heavy atom. The lowest BCUT2D eigenvalue weighted by atomic mass is 9.90. The number of rotatable bonds is 5. The monoisotopic (exact) mass is 278 g/mol. The van der Waals surface area contributed by atoms with E-state index < -0.39 is 11.8 Å². The Hall–Kier alpha value is -0.525. The second-order valence-corrected chi connectivity index (χ2v) is 5.64. The summed E-state index contributed by atoms with van der Waals surface area (Å²) in [6, 6.07) is 2.81. The lowest BCUT2D eigenvalue weighted by Crippen LogP contribution is -2.36. The number of halogens is 3. The Labute approximate surface area is 109 Å². The van der Waals surface area contributed by atoms with Gasteiger partial charge in [-0.2, -0.15) is 11.3 Å². The van der Waals surface area contributed by atoms with E-state index in [0.717, 1.165) is 61.9 Å². The number of ether oxygens (including phenoxy) is 1. The summed E-state index contributed by atoms with van der Waals surface area (Å²) in [5.41, 5.74) is 0. The van der Waals surface area contributed by atoms with Crippen LogP contribution in [0.4, 0.5) is 12.9 Å². The van der Waals surface area contributed by atoms with Crippen LogP contribution in [-0.2, 0) is 11.2 Å². The molecular formula is C11H16BF3NOS-. The molecule has 0 aromatic carbocycles. The van der Waals surface area contributed by atoms with Crippen LogP contribution in [0.2, 0.25) is 0 Å². The molecule has 102 valence electrons. The zero-order valence-electron chi connectivity index (χ0n) is 10.1. The average Bonchev–Trinajstić information content (AvgIpc) is 2.79. The predicted octanol–water partition coefficient (Wildman–Crippen LogP) is 2.07. The molecule has 0 radical (unpaired) electrons. The molecule has 18 heavy (non-hydrogen) atoms. The molecule has 0 unspecified atom stereocenters. The zero-order chi connectivity index (χ0) is 13.0. The highest BCUT2D eigenvalue weighted by Crippen LogP contribution is 2.17. The van der Waals surface area contributed by atoms with Gasteiger partial charge in [-0.3, -0.25) is 4.90 Å². The Balaban J connectivity index is 1.74. The van der Waals surface area contributed by atoms with Gasteiger partial charge in [0.25, 0.3) is 0 Å². The van der Waals surface area contributed by atoms with Crippen molar-refractivity contribution >= 4 is 23.1 Å². The van der Waals surface area contributed by atoms with Crippen molar-refractivity contribution in [3.8, 4) is 0 Å². The maximum Gasteiger partial charge on any atom is 0.519 e. The molecule has 0 atom stereocenters. The SMILES string of the molecule is F[B-](F)(F)c1ccc(CCCN2CCOCC2)s1.